The summed E-state index contributed by atoms with van der Waals surface area (Å²) in [5.74, 6) is 0. The minimum Gasteiger partial charge on any atom is -1.00 e. The zero-order valence-electron chi connectivity index (χ0n) is 7.31. The Morgan fingerprint density at radius 2 is 1.75 bits per heavy atom. The van der Waals surface area contributed by atoms with Crippen molar-refractivity contribution in [3.8, 4) is 0 Å². The van der Waals surface area contributed by atoms with Gasteiger partial charge in [-0.1, -0.05) is 36.4 Å². The second kappa shape index (κ2) is 7.94. The van der Waals surface area contributed by atoms with Crippen molar-refractivity contribution in [1.82, 2.24) is 0 Å². The Balaban J connectivity index is 0. The summed E-state index contributed by atoms with van der Waals surface area (Å²) < 4.78 is 0. The average molecular weight is 323 g/mol. The minimum atomic E-state index is 0. The van der Waals surface area contributed by atoms with E-state index in [2.05, 4.69) is 43.8 Å². The quantitative estimate of drug-likeness (QED) is 0.510. The Bertz CT molecular complexity index is 216. The molecule has 0 nitrogen and oxygen atoms in total. The number of halogens is 1. The maximum Gasteiger partial charge on any atom is 0 e. The summed E-state index contributed by atoms with van der Waals surface area (Å²) in [6.45, 7) is 5.64. The van der Waals surface area contributed by atoms with Crippen LogP contribution in [-0.2, 0) is 25.9 Å². The van der Waals surface area contributed by atoms with Gasteiger partial charge in [-0.3, -0.25) is 0 Å². The summed E-state index contributed by atoms with van der Waals surface area (Å²) in [6.07, 6.45) is 3.70. The monoisotopic (exact) mass is 322 g/mol. The Morgan fingerprint density at radius 3 is 2.17 bits per heavy atom. The summed E-state index contributed by atoms with van der Waals surface area (Å²) in [5.41, 5.74) is 2.58. The fraction of sp³-hybridized carbons (Fsp3) is 0.200. The summed E-state index contributed by atoms with van der Waals surface area (Å²) >= 11 is 0. The molecule has 0 N–H and O–H groups in total. The predicted molar refractivity (Wildman–Crippen MR) is 43.8 cm³/mol. The molecule has 0 spiro atoms. The van der Waals surface area contributed by atoms with Gasteiger partial charge >= 0.3 is 0 Å². The third kappa shape index (κ3) is 5.05. The zero-order valence-corrected chi connectivity index (χ0v) is 12.4. The van der Waals surface area contributed by atoms with Crippen LogP contribution in [0.1, 0.15) is 11.1 Å². The van der Waals surface area contributed by atoms with Crippen molar-refractivity contribution in [1.29, 1.82) is 0 Å². The Labute approximate surface area is 104 Å². The second-order valence-corrected chi connectivity index (χ2v) is 2.41. The Morgan fingerprint density at radius 1 is 1.25 bits per heavy atom. The van der Waals surface area contributed by atoms with E-state index in [0.29, 0.717) is 0 Å². The van der Waals surface area contributed by atoms with Crippen molar-refractivity contribution < 1.29 is 43.5 Å². The average Bonchev–Trinajstić information content (AvgIpc) is 1.95. The zero-order chi connectivity index (χ0) is 7.40. The van der Waals surface area contributed by atoms with E-state index in [1.807, 2.05) is 0 Å². The number of allylic oxidation sites excluding steroid dienone is 1. The molecule has 2 heteroatoms. The molecule has 0 aromatic heterocycles. The first kappa shape index (κ1) is 14.8. The molecular formula is C10H11IZn-. The molecule has 0 fully saturated rings. The van der Waals surface area contributed by atoms with Gasteiger partial charge in [-0.25, -0.2) is 0 Å². The van der Waals surface area contributed by atoms with E-state index in [1.165, 1.54) is 11.1 Å². The fourth-order valence-corrected chi connectivity index (χ4v) is 0.850. The molecule has 12 heavy (non-hydrogen) atoms. The first-order valence-electron chi connectivity index (χ1n) is 3.38. The van der Waals surface area contributed by atoms with Crippen molar-refractivity contribution in [3.05, 3.63) is 48.0 Å². The molecule has 0 saturated heterocycles. The maximum absolute atomic E-state index is 3.55. The standard InChI is InChI=1S/C10H11.HI.Zn/c1-3-4-10-7-5-9(2)6-8-10;;/h5-8H,1,4H2,2H3;1H;/p-1. The fourth-order valence-electron chi connectivity index (χ4n) is 0.850. The molecule has 1 aromatic rings. The molecule has 1 aromatic carbocycles. The van der Waals surface area contributed by atoms with Crippen LogP contribution in [0.5, 0.6) is 0 Å². The molecule has 1 radical (unpaired) electrons. The predicted octanol–water partition coefficient (Wildman–Crippen LogP) is -0.472. The SMILES string of the molecule is C=[C]Cc1ccc(C)cc1.[I-].[Zn]. The van der Waals surface area contributed by atoms with E-state index < -0.39 is 0 Å². The molecule has 0 aliphatic rings. The van der Waals surface area contributed by atoms with Gasteiger partial charge in [0.15, 0.2) is 0 Å². The Hall–Kier alpha value is 0.313. The molecule has 1 rings (SSSR count). The smallest absolute Gasteiger partial charge is 0 e. The second-order valence-electron chi connectivity index (χ2n) is 2.41. The third-order valence-corrected chi connectivity index (χ3v) is 1.45. The van der Waals surface area contributed by atoms with Gasteiger partial charge in [-0.05, 0) is 25.0 Å². The molecule has 61 valence electrons. The summed E-state index contributed by atoms with van der Waals surface area (Å²) in [4.78, 5) is 0. The van der Waals surface area contributed by atoms with E-state index in [4.69, 9.17) is 0 Å². The molecule has 0 atom stereocenters. The van der Waals surface area contributed by atoms with Crippen LogP contribution < -0.4 is 24.0 Å². The number of rotatable bonds is 2. The largest absolute Gasteiger partial charge is 1.00 e. The first-order chi connectivity index (χ1) is 4.83. The first-order valence-corrected chi connectivity index (χ1v) is 3.38. The van der Waals surface area contributed by atoms with Gasteiger partial charge in [-0.15, -0.1) is 0 Å². The molecule has 0 aliphatic carbocycles. The number of hydrogen-bond acceptors (Lipinski definition) is 0. The number of benzene rings is 1. The van der Waals surface area contributed by atoms with Crippen molar-refractivity contribution in [2.45, 2.75) is 13.3 Å². The van der Waals surface area contributed by atoms with Crippen LogP contribution in [0.25, 0.3) is 0 Å². The van der Waals surface area contributed by atoms with Crippen LogP contribution in [0.15, 0.2) is 30.8 Å². The number of hydrogen-bond donors (Lipinski definition) is 0. The molecule has 0 bridgehead atoms. The van der Waals surface area contributed by atoms with Gasteiger partial charge in [0.05, 0.1) is 0 Å². The van der Waals surface area contributed by atoms with E-state index in [1.54, 1.807) is 0 Å². The van der Waals surface area contributed by atoms with Crippen LogP contribution in [0.3, 0.4) is 0 Å². The molecule has 0 heterocycles. The summed E-state index contributed by atoms with van der Waals surface area (Å²) in [6, 6.07) is 8.42. The Kier molecular flexibility index (Phi) is 9.80. The van der Waals surface area contributed by atoms with Gasteiger partial charge in [0, 0.05) is 19.5 Å². The molecule has 0 saturated carbocycles. The molecular weight excluding hydrogens is 312 g/mol. The van der Waals surface area contributed by atoms with Crippen molar-refractivity contribution in [2.24, 2.45) is 0 Å². The topological polar surface area (TPSA) is 0 Å². The van der Waals surface area contributed by atoms with Crippen molar-refractivity contribution in [3.63, 3.8) is 0 Å². The molecule has 0 aliphatic heterocycles. The van der Waals surface area contributed by atoms with Crippen LogP contribution in [0, 0.1) is 13.0 Å². The third-order valence-electron chi connectivity index (χ3n) is 1.45. The van der Waals surface area contributed by atoms with Gasteiger partial charge in [-0.2, -0.15) is 0 Å². The van der Waals surface area contributed by atoms with E-state index in [0.717, 1.165) is 6.42 Å². The van der Waals surface area contributed by atoms with Crippen LogP contribution in [-0.4, -0.2) is 0 Å². The van der Waals surface area contributed by atoms with Gasteiger partial charge in [0.1, 0.15) is 0 Å². The van der Waals surface area contributed by atoms with Gasteiger partial charge in [0.2, 0.25) is 0 Å². The summed E-state index contributed by atoms with van der Waals surface area (Å²) in [5, 5.41) is 0. The van der Waals surface area contributed by atoms with Crippen LogP contribution in [0.2, 0.25) is 0 Å². The minimum absolute atomic E-state index is 0. The van der Waals surface area contributed by atoms with E-state index in [9.17, 15) is 0 Å². The van der Waals surface area contributed by atoms with E-state index in [-0.39, 0.29) is 43.5 Å². The normalized spacial score (nSPS) is 7.75. The van der Waals surface area contributed by atoms with Crippen molar-refractivity contribution in [2.75, 3.05) is 0 Å². The van der Waals surface area contributed by atoms with Gasteiger partial charge in [0.25, 0.3) is 0 Å². The summed E-state index contributed by atoms with van der Waals surface area (Å²) in [7, 11) is 0. The number of aryl methyl sites for hydroxylation is 1. The van der Waals surface area contributed by atoms with Gasteiger partial charge < -0.3 is 24.0 Å². The van der Waals surface area contributed by atoms with Crippen LogP contribution in [0.4, 0.5) is 0 Å². The van der Waals surface area contributed by atoms with Crippen LogP contribution >= 0.6 is 0 Å². The molecule has 0 unspecified atom stereocenters. The van der Waals surface area contributed by atoms with Crippen molar-refractivity contribution >= 4 is 0 Å². The van der Waals surface area contributed by atoms with E-state index >= 15 is 0 Å². The molecule has 0 amide bonds. The maximum atomic E-state index is 3.55.